The Bertz CT molecular complexity index is 435. The number of hydrogen-bond donors (Lipinski definition) is 1. The fourth-order valence-electron chi connectivity index (χ4n) is 1.51. The number of aromatic nitrogens is 4. The number of aryl methyl sites for hydroxylation is 3. The highest BCUT2D eigenvalue weighted by Gasteiger charge is 2.04. The minimum Gasteiger partial charge on any atom is -0.363 e. The molecule has 2 heterocycles. The van der Waals surface area contributed by atoms with Crippen LogP contribution in [0.5, 0.6) is 0 Å². The number of rotatable bonds is 3. The molecule has 0 aliphatic rings. The van der Waals surface area contributed by atoms with E-state index < -0.39 is 0 Å². The molecular formula is C10H15N5. The molecule has 0 unspecified atom stereocenters. The highest BCUT2D eigenvalue weighted by molar-refractivity contribution is 5.33. The van der Waals surface area contributed by atoms with E-state index >= 15 is 0 Å². The zero-order valence-electron chi connectivity index (χ0n) is 9.23. The van der Waals surface area contributed by atoms with Crippen molar-refractivity contribution in [2.45, 2.75) is 13.5 Å². The smallest absolute Gasteiger partial charge is 0.148 e. The van der Waals surface area contributed by atoms with Crippen molar-refractivity contribution in [1.82, 2.24) is 19.6 Å². The van der Waals surface area contributed by atoms with E-state index in [9.17, 15) is 0 Å². The molecule has 2 aromatic heterocycles. The monoisotopic (exact) mass is 205 g/mol. The maximum Gasteiger partial charge on any atom is 0.148 e. The molecule has 0 aromatic carbocycles. The van der Waals surface area contributed by atoms with E-state index in [0.29, 0.717) is 0 Å². The number of anilines is 1. The fourth-order valence-corrected chi connectivity index (χ4v) is 1.51. The summed E-state index contributed by atoms with van der Waals surface area (Å²) in [7, 11) is 3.85. The van der Waals surface area contributed by atoms with Gasteiger partial charge in [-0.1, -0.05) is 0 Å². The summed E-state index contributed by atoms with van der Waals surface area (Å²) in [4.78, 5) is 0. The highest BCUT2D eigenvalue weighted by Crippen LogP contribution is 2.08. The molecule has 0 spiro atoms. The van der Waals surface area contributed by atoms with Gasteiger partial charge < -0.3 is 5.32 Å². The van der Waals surface area contributed by atoms with Crippen LogP contribution in [0.25, 0.3) is 0 Å². The number of hydrogen-bond acceptors (Lipinski definition) is 3. The Balaban J connectivity index is 2.05. The van der Waals surface area contributed by atoms with Crippen LogP contribution < -0.4 is 5.32 Å². The molecule has 15 heavy (non-hydrogen) atoms. The maximum absolute atomic E-state index is 4.25. The second-order valence-corrected chi connectivity index (χ2v) is 3.63. The Hall–Kier alpha value is -1.78. The van der Waals surface area contributed by atoms with Crippen molar-refractivity contribution < 1.29 is 0 Å². The van der Waals surface area contributed by atoms with Gasteiger partial charge in [-0.15, -0.1) is 0 Å². The Kier molecular flexibility index (Phi) is 2.45. The van der Waals surface area contributed by atoms with Gasteiger partial charge in [-0.25, -0.2) is 0 Å². The van der Waals surface area contributed by atoms with Gasteiger partial charge in [-0.05, 0) is 12.5 Å². The van der Waals surface area contributed by atoms with Gasteiger partial charge in [0.15, 0.2) is 0 Å². The molecule has 0 amide bonds. The number of nitrogens with one attached hydrogen (secondary N) is 1. The van der Waals surface area contributed by atoms with Gasteiger partial charge in [0.2, 0.25) is 0 Å². The van der Waals surface area contributed by atoms with Crippen LogP contribution in [0, 0.1) is 6.92 Å². The molecule has 0 saturated carbocycles. The van der Waals surface area contributed by atoms with Crippen LogP contribution >= 0.6 is 0 Å². The van der Waals surface area contributed by atoms with Crippen LogP contribution in [0.15, 0.2) is 18.5 Å². The molecule has 0 saturated heterocycles. The largest absolute Gasteiger partial charge is 0.363 e. The summed E-state index contributed by atoms with van der Waals surface area (Å²) >= 11 is 0. The van der Waals surface area contributed by atoms with Crippen LogP contribution in [-0.2, 0) is 20.6 Å². The predicted octanol–water partition coefficient (Wildman–Crippen LogP) is 1.07. The van der Waals surface area contributed by atoms with Gasteiger partial charge >= 0.3 is 0 Å². The van der Waals surface area contributed by atoms with Crippen LogP contribution in [0.3, 0.4) is 0 Å². The topological polar surface area (TPSA) is 47.7 Å². The molecule has 0 fully saturated rings. The minimum atomic E-state index is 0.749. The standard InChI is InChI=1S/C10H15N5/c1-8-6-12-15(3)9(8)7-11-10-4-5-14(2)13-10/h4-6H,7H2,1-3H3,(H,11,13). The predicted molar refractivity (Wildman–Crippen MR) is 58.5 cm³/mol. The summed E-state index contributed by atoms with van der Waals surface area (Å²) in [5.74, 6) is 0.887. The highest BCUT2D eigenvalue weighted by atomic mass is 15.3. The first-order valence-corrected chi connectivity index (χ1v) is 4.88. The molecule has 0 radical (unpaired) electrons. The van der Waals surface area contributed by atoms with E-state index in [4.69, 9.17) is 0 Å². The Morgan fingerprint density at radius 2 is 2.20 bits per heavy atom. The molecule has 1 N–H and O–H groups in total. The van der Waals surface area contributed by atoms with Gasteiger partial charge in [0.1, 0.15) is 5.82 Å². The van der Waals surface area contributed by atoms with Crippen LogP contribution in [0.4, 0.5) is 5.82 Å². The fraction of sp³-hybridized carbons (Fsp3) is 0.400. The van der Waals surface area contributed by atoms with E-state index in [1.54, 1.807) is 4.68 Å². The summed E-state index contributed by atoms with van der Waals surface area (Å²) in [6.07, 6.45) is 3.79. The molecular weight excluding hydrogens is 190 g/mol. The van der Waals surface area contributed by atoms with Gasteiger partial charge in [-0.3, -0.25) is 9.36 Å². The summed E-state index contributed by atoms with van der Waals surface area (Å²) < 4.78 is 3.66. The van der Waals surface area contributed by atoms with E-state index in [0.717, 1.165) is 12.4 Å². The second kappa shape index (κ2) is 3.76. The van der Waals surface area contributed by atoms with Crippen molar-refractivity contribution in [2.24, 2.45) is 14.1 Å². The van der Waals surface area contributed by atoms with Gasteiger partial charge in [-0.2, -0.15) is 10.2 Å². The average molecular weight is 205 g/mol. The van der Waals surface area contributed by atoms with Gasteiger partial charge in [0, 0.05) is 26.4 Å². The van der Waals surface area contributed by atoms with Crippen LogP contribution in [0.2, 0.25) is 0 Å². The Labute approximate surface area is 88.7 Å². The van der Waals surface area contributed by atoms with Crippen LogP contribution in [-0.4, -0.2) is 19.6 Å². The molecule has 5 nitrogen and oxygen atoms in total. The lowest BCUT2D eigenvalue weighted by Gasteiger charge is -2.04. The van der Waals surface area contributed by atoms with Gasteiger partial charge in [0.05, 0.1) is 18.4 Å². The third-order valence-electron chi connectivity index (χ3n) is 2.42. The molecule has 0 aliphatic carbocycles. The minimum absolute atomic E-state index is 0.749. The van der Waals surface area contributed by atoms with Crippen molar-refractivity contribution in [3.8, 4) is 0 Å². The van der Waals surface area contributed by atoms with Crippen molar-refractivity contribution in [2.75, 3.05) is 5.32 Å². The number of nitrogens with zero attached hydrogens (tertiary/aromatic N) is 4. The summed E-state index contributed by atoms with van der Waals surface area (Å²) in [5.41, 5.74) is 2.38. The van der Waals surface area contributed by atoms with Crippen molar-refractivity contribution in [1.29, 1.82) is 0 Å². The molecule has 0 aliphatic heterocycles. The first-order valence-electron chi connectivity index (χ1n) is 4.88. The van der Waals surface area contributed by atoms with Crippen molar-refractivity contribution >= 4 is 5.82 Å². The maximum atomic E-state index is 4.25. The van der Waals surface area contributed by atoms with Crippen LogP contribution in [0.1, 0.15) is 11.3 Å². The summed E-state index contributed by atoms with van der Waals surface area (Å²) in [6, 6.07) is 1.95. The third-order valence-corrected chi connectivity index (χ3v) is 2.42. The Morgan fingerprint density at radius 3 is 2.73 bits per heavy atom. The second-order valence-electron chi connectivity index (χ2n) is 3.63. The van der Waals surface area contributed by atoms with Crippen molar-refractivity contribution in [3.05, 3.63) is 29.7 Å². The molecule has 0 bridgehead atoms. The first-order chi connectivity index (χ1) is 7.16. The zero-order valence-corrected chi connectivity index (χ0v) is 9.23. The molecule has 0 atom stereocenters. The molecule has 2 rings (SSSR count). The lowest BCUT2D eigenvalue weighted by atomic mass is 10.3. The molecule has 2 aromatic rings. The zero-order chi connectivity index (χ0) is 10.8. The summed E-state index contributed by atoms with van der Waals surface area (Å²) in [5, 5.41) is 11.7. The van der Waals surface area contributed by atoms with E-state index in [1.165, 1.54) is 11.3 Å². The normalized spacial score (nSPS) is 10.6. The SMILES string of the molecule is Cc1cnn(C)c1CNc1ccn(C)n1. The third kappa shape index (κ3) is 2.01. The van der Waals surface area contributed by atoms with E-state index in [-0.39, 0.29) is 0 Å². The van der Waals surface area contributed by atoms with E-state index in [1.807, 2.05) is 37.2 Å². The van der Waals surface area contributed by atoms with E-state index in [2.05, 4.69) is 22.4 Å². The summed E-state index contributed by atoms with van der Waals surface area (Å²) in [6.45, 7) is 2.81. The Morgan fingerprint density at radius 1 is 1.40 bits per heavy atom. The molecule has 5 heteroatoms. The molecule has 80 valence electrons. The lowest BCUT2D eigenvalue weighted by molar-refractivity contribution is 0.715. The van der Waals surface area contributed by atoms with Gasteiger partial charge in [0.25, 0.3) is 0 Å². The average Bonchev–Trinajstić information content (AvgIpc) is 2.73. The quantitative estimate of drug-likeness (QED) is 0.815. The van der Waals surface area contributed by atoms with Crippen molar-refractivity contribution in [3.63, 3.8) is 0 Å². The lowest BCUT2D eigenvalue weighted by Crippen LogP contribution is -2.07. The first kappa shape index (κ1) is 9.76.